The van der Waals surface area contributed by atoms with E-state index < -0.39 is 0 Å². The Bertz CT molecular complexity index is 336. The summed E-state index contributed by atoms with van der Waals surface area (Å²) in [6.07, 6.45) is 3.91. The van der Waals surface area contributed by atoms with E-state index >= 15 is 0 Å². The highest BCUT2D eigenvalue weighted by Gasteiger charge is 2.20. The quantitative estimate of drug-likeness (QED) is 0.836. The van der Waals surface area contributed by atoms with Crippen LogP contribution in [0, 0.1) is 5.92 Å². The van der Waals surface area contributed by atoms with Gasteiger partial charge in [-0.15, -0.1) is 0 Å². The topological polar surface area (TPSA) is 35.2 Å². The summed E-state index contributed by atoms with van der Waals surface area (Å²) in [6, 6.07) is 5.70. The number of hydrogen-bond donors (Lipinski definition) is 1. The Morgan fingerprint density at radius 1 is 1.40 bits per heavy atom. The molecule has 0 aliphatic heterocycles. The summed E-state index contributed by atoms with van der Waals surface area (Å²) < 4.78 is 5.61. The van der Waals surface area contributed by atoms with Gasteiger partial charge < -0.3 is 10.5 Å². The highest BCUT2D eigenvalue weighted by Crippen LogP contribution is 2.32. The molecule has 1 aromatic rings. The van der Waals surface area contributed by atoms with Gasteiger partial charge in [-0.1, -0.05) is 30.5 Å². The molecule has 0 bridgehead atoms. The maximum atomic E-state index is 6.02. The highest BCUT2D eigenvalue weighted by atomic mass is 35.5. The predicted octanol–water partition coefficient (Wildman–Crippen LogP) is 2.98. The van der Waals surface area contributed by atoms with Crippen molar-refractivity contribution in [3.8, 4) is 5.75 Å². The zero-order chi connectivity index (χ0) is 10.7. The van der Waals surface area contributed by atoms with Crippen molar-refractivity contribution in [1.82, 2.24) is 0 Å². The first-order valence-electron chi connectivity index (χ1n) is 5.41. The van der Waals surface area contributed by atoms with E-state index in [0.717, 1.165) is 30.3 Å². The van der Waals surface area contributed by atoms with Crippen LogP contribution in [0.2, 0.25) is 5.02 Å². The molecule has 0 unspecified atom stereocenters. The fourth-order valence-corrected chi connectivity index (χ4v) is 1.78. The molecule has 3 heteroatoms. The summed E-state index contributed by atoms with van der Waals surface area (Å²) >= 11 is 6.02. The zero-order valence-corrected chi connectivity index (χ0v) is 9.46. The van der Waals surface area contributed by atoms with Crippen LogP contribution >= 0.6 is 11.6 Å². The third kappa shape index (κ3) is 3.11. The Morgan fingerprint density at radius 3 is 2.80 bits per heavy atom. The number of hydrogen-bond acceptors (Lipinski definition) is 2. The van der Waals surface area contributed by atoms with Gasteiger partial charge in [-0.05, 0) is 30.0 Å². The average Bonchev–Trinajstić information content (AvgIpc) is 3.02. The van der Waals surface area contributed by atoms with Crippen molar-refractivity contribution in [1.29, 1.82) is 0 Å². The maximum absolute atomic E-state index is 6.02. The normalized spacial score (nSPS) is 15.3. The summed E-state index contributed by atoms with van der Waals surface area (Å²) in [4.78, 5) is 0. The molecular weight excluding hydrogens is 210 g/mol. The van der Waals surface area contributed by atoms with Crippen molar-refractivity contribution < 1.29 is 4.74 Å². The molecule has 1 saturated carbocycles. The number of rotatable bonds is 5. The molecule has 2 N–H and O–H groups in total. The summed E-state index contributed by atoms with van der Waals surface area (Å²) in [7, 11) is 0. The smallest absolute Gasteiger partial charge is 0.120 e. The first-order chi connectivity index (χ1) is 7.29. The summed E-state index contributed by atoms with van der Waals surface area (Å²) in [6.45, 7) is 1.27. The Kier molecular flexibility index (Phi) is 3.49. The van der Waals surface area contributed by atoms with Gasteiger partial charge >= 0.3 is 0 Å². The molecule has 1 aromatic carbocycles. The Hall–Kier alpha value is -0.730. The van der Waals surface area contributed by atoms with E-state index in [0.29, 0.717) is 11.6 Å². The van der Waals surface area contributed by atoms with Gasteiger partial charge in [0.1, 0.15) is 5.75 Å². The van der Waals surface area contributed by atoms with E-state index in [2.05, 4.69) is 0 Å². The lowest BCUT2D eigenvalue weighted by Crippen LogP contribution is -2.00. The average molecular weight is 226 g/mol. The van der Waals surface area contributed by atoms with Gasteiger partial charge in [0.25, 0.3) is 0 Å². The molecule has 1 aliphatic carbocycles. The molecule has 1 aliphatic rings. The number of nitrogens with two attached hydrogens (primary N) is 1. The number of halogens is 1. The molecule has 0 radical (unpaired) electrons. The molecule has 15 heavy (non-hydrogen) atoms. The van der Waals surface area contributed by atoms with Gasteiger partial charge in [-0.2, -0.15) is 0 Å². The van der Waals surface area contributed by atoms with Gasteiger partial charge in [0.2, 0.25) is 0 Å². The van der Waals surface area contributed by atoms with E-state index in [9.17, 15) is 0 Å². The van der Waals surface area contributed by atoms with Crippen LogP contribution in [0.5, 0.6) is 5.75 Å². The molecule has 82 valence electrons. The van der Waals surface area contributed by atoms with Crippen molar-refractivity contribution in [2.24, 2.45) is 11.7 Å². The molecule has 2 nitrogen and oxygen atoms in total. The van der Waals surface area contributed by atoms with Crippen LogP contribution < -0.4 is 10.5 Å². The van der Waals surface area contributed by atoms with E-state index in [-0.39, 0.29) is 0 Å². The van der Waals surface area contributed by atoms with Gasteiger partial charge in [0, 0.05) is 11.6 Å². The van der Waals surface area contributed by atoms with Crippen LogP contribution in [0.25, 0.3) is 0 Å². The van der Waals surface area contributed by atoms with Crippen molar-refractivity contribution in [3.05, 3.63) is 28.8 Å². The predicted molar refractivity (Wildman–Crippen MR) is 62.2 cm³/mol. The second-order valence-electron chi connectivity index (χ2n) is 4.04. The highest BCUT2D eigenvalue weighted by molar-refractivity contribution is 6.31. The molecule has 0 amide bonds. The third-order valence-corrected chi connectivity index (χ3v) is 3.09. The summed E-state index contributed by atoms with van der Waals surface area (Å²) in [5.74, 6) is 1.75. The number of ether oxygens (including phenoxy) is 1. The molecule has 0 heterocycles. The van der Waals surface area contributed by atoms with Crippen LogP contribution in [0.1, 0.15) is 24.8 Å². The van der Waals surface area contributed by atoms with Crippen molar-refractivity contribution in [3.63, 3.8) is 0 Å². The summed E-state index contributed by atoms with van der Waals surface area (Å²) in [5.41, 5.74) is 6.49. The molecule has 1 fully saturated rings. The molecule has 0 aromatic heterocycles. The van der Waals surface area contributed by atoms with E-state index in [4.69, 9.17) is 22.1 Å². The lowest BCUT2D eigenvalue weighted by molar-refractivity contribution is 0.302. The second-order valence-corrected chi connectivity index (χ2v) is 4.45. The Labute approximate surface area is 95.4 Å². The third-order valence-electron chi connectivity index (χ3n) is 2.74. The van der Waals surface area contributed by atoms with Crippen LogP contribution in [-0.2, 0) is 6.54 Å². The van der Waals surface area contributed by atoms with E-state index in [1.165, 1.54) is 12.8 Å². The maximum Gasteiger partial charge on any atom is 0.120 e. The zero-order valence-electron chi connectivity index (χ0n) is 8.71. The van der Waals surface area contributed by atoms with Gasteiger partial charge in [-0.25, -0.2) is 0 Å². The lowest BCUT2D eigenvalue weighted by atomic mass is 10.2. The largest absolute Gasteiger partial charge is 0.494 e. The minimum absolute atomic E-state index is 0.473. The number of benzene rings is 1. The van der Waals surface area contributed by atoms with Crippen LogP contribution in [0.4, 0.5) is 0 Å². The fourth-order valence-electron chi connectivity index (χ4n) is 1.53. The van der Waals surface area contributed by atoms with E-state index in [1.54, 1.807) is 0 Å². The molecule has 0 saturated heterocycles. The second kappa shape index (κ2) is 4.86. The van der Waals surface area contributed by atoms with Crippen molar-refractivity contribution in [2.75, 3.05) is 6.61 Å². The standard InChI is InChI=1S/C12H16ClNO/c13-12-7-11(4-3-10(12)8-14)15-6-5-9-1-2-9/h3-4,7,9H,1-2,5-6,8,14H2. The van der Waals surface area contributed by atoms with Crippen LogP contribution in [0.15, 0.2) is 18.2 Å². The Balaban J connectivity index is 1.87. The monoisotopic (exact) mass is 225 g/mol. The SMILES string of the molecule is NCc1ccc(OCCC2CC2)cc1Cl. The summed E-state index contributed by atoms with van der Waals surface area (Å²) in [5, 5.41) is 0.696. The lowest BCUT2D eigenvalue weighted by Gasteiger charge is -2.07. The fraction of sp³-hybridized carbons (Fsp3) is 0.500. The molecule has 0 atom stereocenters. The molecule has 0 spiro atoms. The first-order valence-corrected chi connectivity index (χ1v) is 5.78. The molecule has 2 rings (SSSR count). The van der Waals surface area contributed by atoms with Crippen LogP contribution in [0.3, 0.4) is 0 Å². The first kappa shape index (κ1) is 10.8. The van der Waals surface area contributed by atoms with E-state index in [1.807, 2.05) is 18.2 Å². The Morgan fingerprint density at radius 2 is 2.20 bits per heavy atom. The van der Waals surface area contributed by atoms with Gasteiger partial charge in [-0.3, -0.25) is 0 Å². The van der Waals surface area contributed by atoms with Crippen molar-refractivity contribution >= 4 is 11.6 Å². The van der Waals surface area contributed by atoms with Gasteiger partial charge in [0.15, 0.2) is 0 Å². The minimum Gasteiger partial charge on any atom is -0.494 e. The minimum atomic E-state index is 0.473. The van der Waals surface area contributed by atoms with Crippen LogP contribution in [-0.4, -0.2) is 6.61 Å². The van der Waals surface area contributed by atoms with Gasteiger partial charge in [0.05, 0.1) is 6.61 Å². The van der Waals surface area contributed by atoms with Crippen molar-refractivity contribution in [2.45, 2.75) is 25.8 Å². The molecular formula is C12H16ClNO.